The molecule has 0 aromatic carbocycles. The van der Waals surface area contributed by atoms with Gasteiger partial charge in [-0.25, -0.2) is 4.79 Å². The number of carbonyl (C=O) groups is 3. The average molecular weight is 420 g/mol. The van der Waals surface area contributed by atoms with Crippen LogP contribution in [0.5, 0.6) is 0 Å². The van der Waals surface area contributed by atoms with Crippen molar-refractivity contribution in [3.63, 3.8) is 0 Å². The first-order chi connectivity index (χ1) is 14.5. The van der Waals surface area contributed by atoms with Gasteiger partial charge in [0.1, 0.15) is 0 Å². The number of fused-ring (bicyclic) bond motifs is 2. The van der Waals surface area contributed by atoms with Crippen LogP contribution >= 0.6 is 0 Å². The highest BCUT2D eigenvalue weighted by Gasteiger charge is 2.42. The summed E-state index contributed by atoms with van der Waals surface area (Å²) in [7, 11) is 0. The molecule has 2 aliphatic heterocycles. The van der Waals surface area contributed by atoms with E-state index in [1.54, 1.807) is 0 Å². The normalized spacial score (nSPS) is 30.4. The van der Waals surface area contributed by atoms with E-state index in [0.29, 0.717) is 12.5 Å². The predicted octanol–water partition coefficient (Wildman–Crippen LogP) is 0.877. The molecule has 2 N–H and O–H groups in total. The molecule has 0 unspecified atom stereocenters. The molecule has 2 aliphatic carbocycles. The van der Waals surface area contributed by atoms with Crippen molar-refractivity contribution in [2.75, 3.05) is 52.4 Å². The van der Waals surface area contributed by atoms with Crippen molar-refractivity contribution in [1.82, 2.24) is 25.3 Å². The Hall–Kier alpha value is -1.67. The fraction of sp³-hybridized carbons (Fsp3) is 0.864. The standard InChI is InChI=1S/C22H37N5O3/c1-16(19-13-17-4-5-18(19)12-17)23-22(30)24-20(28)14-25-8-10-26(11-9-25)15-21(29)27-6-2-3-7-27/h16-19H,2-15H2,1H3,(H2,23,24,28,30)/t16-,17-,18-,19-/m0/s1. The Morgan fingerprint density at radius 1 is 0.900 bits per heavy atom. The number of nitrogens with zero attached hydrogens (tertiary/aromatic N) is 3. The molecule has 4 amide bonds. The van der Waals surface area contributed by atoms with Gasteiger partial charge in [-0.3, -0.25) is 24.7 Å². The molecule has 30 heavy (non-hydrogen) atoms. The number of urea groups is 1. The molecule has 8 nitrogen and oxygen atoms in total. The first-order valence-corrected chi connectivity index (χ1v) is 11.8. The smallest absolute Gasteiger partial charge is 0.321 e. The molecule has 2 heterocycles. The van der Waals surface area contributed by atoms with Crippen LogP contribution in [0.1, 0.15) is 45.4 Å². The topological polar surface area (TPSA) is 85.0 Å². The van der Waals surface area contributed by atoms with Gasteiger partial charge in [0.25, 0.3) is 0 Å². The summed E-state index contributed by atoms with van der Waals surface area (Å²) in [6, 6.07) is -0.255. The Bertz CT molecular complexity index is 643. The number of nitrogens with one attached hydrogen (secondary N) is 2. The maximum atomic E-state index is 12.3. The van der Waals surface area contributed by atoms with Crippen molar-refractivity contribution >= 4 is 17.8 Å². The molecule has 2 bridgehead atoms. The minimum atomic E-state index is -0.370. The second-order valence-corrected chi connectivity index (χ2v) is 9.79. The second kappa shape index (κ2) is 9.64. The van der Waals surface area contributed by atoms with E-state index >= 15 is 0 Å². The van der Waals surface area contributed by atoms with E-state index in [0.717, 1.165) is 63.9 Å². The van der Waals surface area contributed by atoms with Crippen molar-refractivity contribution in [2.24, 2.45) is 17.8 Å². The van der Waals surface area contributed by atoms with E-state index in [1.165, 1.54) is 25.7 Å². The molecule has 2 saturated heterocycles. The van der Waals surface area contributed by atoms with Gasteiger partial charge in [0.15, 0.2) is 0 Å². The van der Waals surface area contributed by atoms with Crippen molar-refractivity contribution in [3.05, 3.63) is 0 Å². The molecule has 0 aromatic heterocycles. The first-order valence-electron chi connectivity index (χ1n) is 11.8. The SMILES string of the molecule is C[C@H](NC(=O)NC(=O)CN1CCN(CC(=O)N2CCCC2)CC1)[C@@H]1C[C@H]2CC[C@H]1C2. The number of likely N-dealkylation sites (tertiary alicyclic amines) is 1. The minimum absolute atomic E-state index is 0.116. The molecular formula is C22H37N5O3. The molecule has 168 valence electrons. The zero-order chi connectivity index (χ0) is 21.1. The zero-order valence-electron chi connectivity index (χ0n) is 18.3. The van der Waals surface area contributed by atoms with Gasteiger partial charge in [0.05, 0.1) is 13.1 Å². The minimum Gasteiger partial charge on any atom is -0.342 e. The summed E-state index contributed by atoms with van der Waals surface area (Å²) in [4.78, 5) is 43.0. The monoisotopic (exact) mass is 419 g/mol. The summed E-state index contributed by atoms with van der Waals surface area (Å²) in [5.74, 6) is 2.11. The van der Waals surface area contributed by atoms with Crippen molar-refractivity contribution in [2.45, 2.75) is 51.5 Å². The number of hydrogen-bond donors (Lipinski definition) is 2. The van der Waals surface area contributed by atoms with Crippen LogP contribution in [0.25, 0.3) is 0 Å². The third-order valence-electron chi connectivity index (χ3n) is 7.70. The van der Waals surface area contributed by atoms with E-state index in [9.17, 15) is 14.4 Å². The van der Waals surface area contributed by atoms with Crippen LogP contribution in [0.15, 0.2) is 0 Å². The lowest BCUT2D eigenvalue weighted by atomic mass is 9.84. The van der Waals surface area contributed by atoms with Crippen LogP contribution in [0.2, 0.25) is 0 Å². The lowest BCUT2D eigenvalue weighted by Crippen LogP contribution is -2.53. The third kappa shape index (κ3) is 5.32. The summed E-state index contributed by atoms with van der Waals surface area (Å²) in [5, 5.41) is 5.49. The van der Waals surface area contributed by atoms with E-state index < -0.39 is 0 Å². The van der Waals surface area contributed by atoms with E-state index in [2.05, 4.69) is 27.4 Å². The Morgan fingerprint density at radius 2 is 1.57 bits per heavy atom. The van der Waals surface area contributed by atoms with E-state index in [4.69, 9.17) is 0 Å². The number of piperazine rings is 1. The summed E-state index contributed by atoms with van der Waals surface area (Å²) in [6.07, 6.45) is 7.39. The molecule has 2 saturated carbocycles. The molecular weight excluding hydrogens is 382 g/mol. The van der Waals surface area contributed by atoms with Crippen LogP contribution in [-0.2, 0) is 9.59 Å². The van der Waals surface area contributed by atoms with Gasteiger partial charge in [-0.05, 0) is 56.8 Å². The lowest BCUT2D eigenvalue weighted by molar-refractivity contribution is -0.132. The van der Waals surface area contributed by atoms with Crippen LogP contribution in [0.4, 0.5) is 4.79 Å². The Kier molecular flexibility index (Phi) is 6.93. The fourth-order valence-corrected chi connectivity index (χ4v) is 5.99. The highest BCUT2D eigenvalue weighted by Crippen LogP contribution is 2.49. The average Bonchev–Trinajstić information content (AvgIpc) is 3.47. The number of hydrogen-bond acceptors (Lipinski definition) is 5. The van der Waals surface area contributed by atoms with Gasteiger partial charge < -0.3 is 10.2 Å². The molecule has 8 heteroatoms. The third-order valence-corrected chi connectivity index (χ3v) is 7.70. The van der Waals surface area contributed by atoms with Gasteiger partial charge in [-0.2, -0.15) is 0 Å². The Balaban J connectivity index is 1.12. The highest BCUT2D eigenvalue weighted by molar-refractivity contribution is 5.95. The highest BCUT2D eigenvalue weighted by atomic mass is 16.2. The van der Waals surface area contributed by atoms with Gasteiger partial charge in [0, 0.05) is 45.3 Å². The first kappa shape index (κ1) is 21.6. The van der Waals surface area contributed by atoms with Crippen molar-refractivity contribution in [3.8, 4) is 0 Å². The maximum absolute atomic E-state index is 12.3. The van der Waals surface area contributed by atoms with E-state index in [-0.39, 0.29) is 30.4 Å². The molecule has 0 aromatic rings. The number of carbonyl (C=O) groups excluding carboxylic acids is 3. The van der Waals surface area contributed by atoms with Crippen LogP contribution < -0.4 is 10.6 Å². The number of imide groups is 1. The molecule has 4 rings (SSSR count). The summed E-state index contributed by atoms with van der Waals surface area (Å²) in [5.41, 5.74) is 0. The Morgan fingerprint density at radius 3 is 2.17 bits per heavy atom. The van der Waals surface area contributed by atoms with Crippen LogP contribution in [-0.4, -0.2) is 90.9 Å². The lowest BCUT2D eigenvalue weighted by Gasteiger charge is -2.34. The predicted molar refractivity (Wildman–Crippen MR) is 114 cm³/mol. The van der Waals surface area contributed by atoms with E-state index in [1.807, 2.05) is 4.90 Å². The van der Waals surface area contributed by atoms with Crippen molar-refractivity contribution < 1.29 is 14.4 Å². The van der Waals surface area contributed by atoms with Gasteiger partial charge in [-0.1, -0.05) is 6.42 Å². The van der Waals surface area contributed by atoms with Crippen LogP contribution in [0.3, 0.4) is 0 Å². The quantitative estimate of drug-likeness (QED) is 0.668. The summed E-state index contributed by atoms with van der Waals surface area (Å²) >= 11 is 0. The van der Waals surface area contributed by atoms with Gasteiger partial charge in [-0.15, -0.1) is 0 Å². The Labute approximate surface area is 179 Å². The summed E-state index contributed by atoms with van der Waals surface area (Å²) in [6.45, 7) is 7.59. The molecule has 4 atom stereocenters. The van der Waals surface area contributed by atoms with Gasteiger partial charge in [0.2, 0.25) is 11.8 Å². The number of rotatable bonds is 6. The maximum Gasteiger partial charge on any atom is 0.321 e. The number of amides is 4. The molecule has 4 aliphatic rings. The largest absolute Gasteiger partial charge is 0.342 e. The van der Waals surface area contributed by atoms with Gasteiger partial charge >= 0.3 is 6.03 Å². The molecule has 0 spiro atoms. The molecule has 0 radical (unpaired) electrons. The second-order valence-electron chi connectivity index (χ2n) is 9.79. The van der Waals surface area contributed by atoms with Crippen LogP contribution in [0, 0.1) is 17.8 Å². The van der Waals surface area contributed by atoms with Crippen molar-refractivity contribution in [1.29, 1.82) is 0 Å². The zero-order valence-corrected chi connectivity index (χ0v) is 18.3. The molecule has 4 fully saturated rings. The fourth-order valence-electron chi connectivity index (χ4n) is 5.99. The summed E-state index contributed by atoms with van der Waals surface area (Å²) < 4.78 is 0.